The lowest BCUT2D eigenvalue weighted by molar-refractivity contribution is -0.362. The summed E-state index contributed by atoms with van der Waals surface area (Å²) < 4.78 is 75.8. The minimum absolute atomic E-state index is 0.507. The van der Waals surface area contributed by atoms with Gasteiger partial charge in [-0.2, -0.15) is 22.0 Å². The lowest BCUT2D eigenvalue weighted by Crippen LogP contribution is -2.38. The van der Waals surface area contributed by atoms with E-state index < -0.39 is 19.9 Å². The molecule has 1 unspecified atom stereocenters. The second kappa shape index (κ2) is 3.51. The van der Waals surface area contributed by atoms with E-state index in [2.05, 4.69) is 9.05 Å². The van der Waals surface area contributed by atoms with Crippen LogP contribution in [0.4, 0.5) is 22.0 Å². The van der Waals surface area contributed by atoms with Crippen LogP contribution in [0.2, 0.25) is 0 Å². The molecule has 0 amide bonds. The van der Waals surface area contributed by atoms with Gasteiger partial charge in [0, 0.05) is 13.8 Å². The van der Waals surface area contributed by atoms with Crippen LogP contribution in [-0.4, -0.2) is 26.1 Å². The predicted octanol–water partition coefficient (Wildman–Crippen LogP) is 2.63. The molecule has 0 aromatic rings. The molecule has 3 nitrogen and oxygen atoms in total. The molecule has 80 valence electrons. The standard InChI is InChI=1S/C4H6F5O3P/c1-11-13(2,10)12-4(8,9)3(5,6)7/h1-2H3. The summed E-state index contributed by atoms with van der Waals surface area (Å²) in [4.78, 5) is 0. The van der Waals surface area contributed by atoms with Gasteiger partial charge in [-0.25, -0.2) is 4.52 Å². The zero-order valence-corrected chi connectivity index (χ0v) is 7.46. The summed E-state index contributed by atoms with van der Waals surface area (Å²) in [6.45, 7) is 0.507. The van der Waals surface area contributed by atoms with Crippen LogP contribution in [0.15, 0.2) is 0 Å². The largest absolute Gasteiger partial charge is 0.483 e. The van der Waals surface area contributed by atoms with Gasteiger partial charge in [0.2, 0.25) is 0 Å². The van der Waals surface area contributed by atoms with Crippen molar-refractivity contribution in [2.45, 2.75) is 12.3 Å². The number of hydrogen-bond acceptors (Lipinski definition) is 3. The Balaban J connectivity index is 4.62. The summed E-state index contributed by atoms with van der Waals surface area (Å²) in [6, 6.07) is 0. The van der Waals surface area contributed by atoms with Crippen LogP contribution < -0.4 is 0 Å². The lowest BCUT2D eigenvalue weighted by atomic mass is 10.6. The first-order valence-electron chi connectivity index (χ1n) is 2.80. The Morgan fingerprint density at radius 2 is 1.54 bits per heavy atom. The Morgan fingerprint density at radius 3 is 1.77 bits per heavy atom. The summed E-state index contributed by atoms with van der Waals surface area (Å²) in [5.41, 5.74) is 0. The summed E-state index contributed by atoms with van der Waals surface area (Å²) in [7, 11) is -3.66. The number of rotatable bonds is 3. The summed E-state index contributed by atoms with van der Waals surface area (Å²) >= 11 is 0. The van der Waals surface area contributed by atoms with E-state index >= 15 is 0 Å². The molecule has 0 aliphatic carbocycles. The molecule has 0 bridgehead atoms. The first-order valence-corrected chi connectivity index (χ1v) is 4.79. The summed E-state index contributed by atoms with van der Waals surface area (Å²) in [5, 5.41) is 0. The van der Waals surface area contributed by atoms with Gasteiger partial charge in [0.05, 0.1) is 0 Å². The smallest absolute Gasteiger partial charge is 0.312 e. The van der Waals surface area contributed by atoms with Gasteiger partial charge >= 0.3 is 19.9 Å². The van der Waals surface area contributed by atoms with Crippen LogP contribution in [0.1, 0.15) is 0 Å². The normalized spacial score (nSPS) is 18.4. The molecule has 0 rings (SSSR count). The molecule has 0 saturated heterocycles. The van der Waals surface area contributed by atoms with Crippen LogP contribution in [0.5, 0.6) is 0 Å². The molecule has 13 heavy (non-hydrogen) atoms. The number of alkyl halides is 5. The van der Waals surface area contributed by atoms with Gasteiger partial charge in [0.25, 0.3) is 0 Å². The first-order chi connectivity index (χ1) is 5.52. The molecular weight excluding hydrogens is 222 g/mol. The maximum absolute atomic E-state index is 12.0. The van der Waals surface area contributed by atoms with Crippen molar-refractivity contribution in [2.75, 3.05) is 13.8 Å². The van der Waals surface area contributed by atoms with Crippen molar-refractivity contribution >= 4 is 7.60 Å². The van der Waals surface area contributed by atoms with E-state index in [9.17, 15) is 26.5 Å². The van der Waals surface area contributed by atoms with Gasteiger partial charge in [0.1, 0.15) is 0 Å². The van der Waals surface area contributed by atoms with Crippen LogP contribution in [0, 0.1) is 0 Å². The van der Waals surface area contributed by atoms with Crippen molar-refractivity contribution in [3.05, 3.63) is 0 Å². The van der Waals surface area contributed by atoms with Crippen LogP contribution >= 0.6 is 7.60 Å². The highest BCUT2D eigenvalue weighted by Crippen LogP contribution is 2.52. The van der Waals surface area contributed by atoms with Crippen molar-refractivity contribution in [3.8, 4) is 0 Å². The SMILES string of the molecule is COP(C)(=O)OC(F)(F)C(F)(F)F. The maximum Gasteiger partial charge on any atom is 0.483 e. The van der Waals surface area contributed by atoms with E-state index in [-0.39, 0.29) is 0 Å². The Labute approximate surface area is 70.4 Å². The zero-order chi connectivity index (χ0) is 10.9. The molecule has 1 atom stereocenters. The Hall–Kier alpha value is -0.200. The second-order valence-electron chi connectivity index (χ2n) is 2.06. The first kappa shape index (κ1) is 12.8. The number of hydrogen-bond donors (Lipinski definition) is 0. The van der Waals surface area contributed by atoms with Crippen molar-refractivity contribution in [1.82, 2.24) is 0 Å². The highest BCUT2D eigenvalue weighted by Gasteiger charge is 2.62. The molecule has 0 heterocycles. The topological polar surface area (TPSA) is 35.5 Å². The van der Waals surface area contributed by atoms with Crippen LogP contribution in [0.3, 0.4) is 0 Å². The molecule has 0 aliphatic heterocycles. The molecule has 0 aromatic heterocycles. The molecule has 0 N–H and O–H groups in total. The van der Waals surface area contributed by atoms with Crippen molar-refractivity contribution < 1.29 is 35.6 Å². The van der Waals surface area contributed by atoms with Gasteiger partial charge in [-0.1, -0.05) is 0 Å². The number of halogens is 5. The molecule has 0 fully saturated rings. The highest BCUT2D eigenvalue weighted by molar-refractivity contribution is 7.52. The fourth-order valence-corrected chi connectivity index (χ4v) is 0.892. The monoisotopic (exact) mass is 228 g/mol. The van der Waals surface area contributed by atoms with E-state index in [1.807, 2.05) is 0 Å². The zero-order valence-electron chi connectivity index (χ0n) is 6.56. The molecule has 9 heteroatoms. The Bertz CT molecular complexity index is 224. The van der Waals surface area contributed by atoms with Crippen molar-refractivity contribution in [1.29, 1.82) is 0 Å². The van der Waals surface area contributed by atoms with Gasteiger partial charge in [-0.05, 0) is 0 Å². The molecule has 0 saturated carbocycles. The summed E-state index contributed by atoms with van der Waals surface area (Å²) in [5.74, 6) is 0. The van der Waals surface area contributed by atoms with E-state index in [0.717, 1.165) is 0 Å². The van der Waals surface area contributed by atoms with E-state index in [0.29, 0.717) is 13.8 Å². The van der Waals surface area contributed by atoms with Crippen LogP contribution in [-0.2, 0) is 13.6 Å². The van der Waals surface area contributed by atoms with E-state index in [1.54, 1.807) is 0 Å². The molecule has 0 aliphatic rings. The van der Waals surface area contributed by atoms with Crippen molar-refractivity contribution in [3.63, 3.8) is 0 Å². The Morgan fingerprint density at radius 1 is 1.15 bits per heavy atom. The predicted molar refractivity (Wildman–Crippen MR) is 32.6 cm³/mol. The summed E-state index contributed by atoms with van der Waals surface area (Å²) in [6.07, 6.45) is -11.4. The Kier molecular flexibility index (Phi) is 3.46. The van der Waals surface area contributed by atoms with Crippen molar-refractivity contribution in [2.24, 2.45) is 0 Å². The maximum atomic E-state index is 12.0. The highest BCUT2D eigenvalue weighted by atomic mass is 31.2. The van der Waals surface area contributed by atoms with Gasteiger partial charge in [-0.3, -0.25) is 4.57 Å². The third kappa shape index (κ3) is 3.58. The fraction of sp³-hybridized carbons (Fsp3) is 1.00. The minimum Gasteiger partial charge on any atom is -0.312 e. The van der Waals surface area contributed by atoms with Crippen LogP contribution in [0.25, 0.3) is 0 Å². The van der Waals surface area contributed by atoms with E-state index in [4.69, 9.17) is 0 Å². The molecular formula is C4H6F5O3P. The average molecular weight is 228 g/mol. The molecule has 0 radical (unpaired) electrons. The van der Waals surface area contributed by atoms with Gasteiger partial charge in [0.15, 0.2) is 0 Å². The van der Waals surface area contributed by atoms with Gasteiger partial charge in [-0.15, -0.1) is 0 Å². The quantitative estimate of drug-likeness (QED) is 0.550. The third-order valence-corrected chi connectivity index (χ3v) is 2.17. The fourth-order valence-electron chi connectivity index (χ4n) is 0.297. The molecule has 0 spiro atoms. The van der Waals surface area contributed by atoms with Gasteiger partial charge < -0.3 is 4.52 Å². The lowest BCUT2D eigenvalue weighted by Gasteiger charge is -2.21. The van der Waals surface area contributed by atoms with E-state index in [1.165, 1.54) is 0 Å². The third-order valence-electron chi connectivity index (χ3n) is 0.942. The minimum atomic E-state index is -5.91. The molecule has 0 aromatic carbocycles. The average Bonchev–Trinajstić information content (AvgIpc) is 1.83. The second-order valence-corrected chi connectivity index (χ2v) is 4.15.